The van der Waals surface area contributed by atoms with Crippen LogP contribution in [-0.4, -0.2) is 47.5 Å². The van der Waals surface area contributed by atoms with Crippen molar-refractivity contribution in [3.63, 3.8) is 0 Å². The lowest BCUT2D eigenvalue weighted by Gasteiger charge is -2.26. The predicted octanol–water partition coefficient (Wildman–Crippen LogP) is 0.901. The number of benzene rings is 1. The summed E-state index contributed by atoms with van der Waals surface area (Å²) in [6.45, 7) is 4.83. The normalized spacial score (nSPS) is 24.9. The molecule has 33 heavy (non-hydrogen) atoms. The molecule has 1 saturated heterocycles. The molecule has 1 aliphatic rings. The molecule has 2 heterocycles. The quantitative estimate of drug-likeness (QED) is 0.434. The van der Waals surface area contributed by atoms with Gasteiger partial charge in [0.2, 0.25) is 0 Å². The first-order chi connectivity index (χ1) is 15.5. The summed E-state index contributed by atoms with van der Waals surface area (Å²) in [6, 6.07) is 8.42. The minimum atomic E-state index is -3.84. The van der Waals surface area contributed by atoms with E-state index in [0.717, 1.165) is 10.6 Å². The minimum Gasteiger partial charge on any atom is -0.462 e. The third-order valence-corrected chi connectivity index (χ3v) is 7.01. The van der Waals surface area contributed by atoms with Crippen LogP contribution in [-0.2, 0) is 27.9 Å². The van der Waals surface area contributed by atoms with Crippen LogP contribution in [0.3, 0.4) is 0 Å². The van der Waals surface area contributed by atoms with Crippen molar-refractivity contribution in [3.8, 4) is 0 Å². The van der Waals surface area contributed by atoms with E-state index in [9.17, 15) is 18.9 Å². The second-order valence-electron chi connectivity index (χ2n) is 8.59. The molecule has 0 amide bonds. The highest BCUT2D eigenvalue weighted by molar-refractivity contribution is 7.62. The van der Waals surface area contributed by atoms with Crippen LogP contribution < -0.4 is 22.3 Å². The summed E-state index contributed by atoms with van der Waals surface area (Å²) >= 11 is 0. The van der Waals surface area contributed by atoms with Crippen LogP contribution in [0.4, 0.5) is 0 Å². The Bertz CT molecular complexity index is 1140. The average molecular weight is 481 g/mol. The summed E-state index contributed by atoms with van der Waals surface area (Å²) in [5.74, 6) is -0.485. The van der Waals surface area contributed by atoms with Gasteiger partial charge in [0.1, 0.15) is 18.8 Å². The molecule has 5 atom stereocenters. The van der Waals surface area contributed by atoms with Crippen LogP contribution in [0.2, 0.25) is 0 Å². The fourth-order valence-electron chi connectivity index (χ4n) is 3.26. The fraction of sp³-hybridized carbons (Fsp3) is 0.476. The molecule has 1 aliphatic heterocycles. The Hall–Kier alpha value is -2.56. The Morgan fingerprint density at radius 1 is 1.21 bits per heavy atom. The summed E-state index contributed by atoms with van der Waals surface area (Å²) in [6.07, 6.45) is -1.90. The number of carbonyl (C=O) groups is 1. The van der Waals surface area contributed by atoms with Gasteiger partial charge in [0.05, 0.1) is 16.8 Å². The summed E-state index contributed by atoms with van der Waals surface area (Å²) in [7, 11) is -2.60. The van der Waals surface area contributed by atoms with Crippen molar-refractivity contribution in [3.05, 3.63) is 63.4 Å². The molecule has 2 aromatic rings. The van der Waals surface area contributed by atoms with E-state index in [4.69, 9.17) is 24.3 Å². The number of aromatic nitrogens is 2. The molecule has 0 spiro atoms. The number of nitrogens with zero attached hydrogens (tertiary/aromatic N) is 1. The third kappa shape index (κ3) is 5.51. The zero-order valence-electron chi connectivity index (χ0n) is 18.8. The zero-order valence-corrected chi connectivity index (χ0v) is 19.7. The van der Waals surface area contributed by atoms with Gasteiger partial charge in [-0.25, -0.2) is 4.79 Å². The number of ether oxygens (including phenoxy) is 2. The number of esters is 1. The van der Waals surface area contributed by atoms with Crippen molar-refractivity contribution in [1.29, 1.82) is 0 Å². The molecule has 0 bridgehead atoms. The number of hydrogen-bond donors (Lipinski definition) is 2. The SMILES string of the molecule is COP(=O)(OC1C(N)[C@H](n2ccc(=O)[nH]c2=O)O[C@@H]1COC(=O)C(C)(C)C)c1ccccc1. The number of nitrogens with one attached hydrogen (secondary N) is 1. The predicted molar refractivity (Wildman–Crippen MR) is 119 cm³/mol. The van der Waals surface area contributed by atoms with Gasteiger partial charge in [-0.1, -0.05) is 18.2 Å². The van der Waals surface area contributed by atoms with Gasteiger partial charge in [-0.2, -0.15) is 0 Å². The number of rotatable bonds is 7. The van der Waals surface area contributed by atoms with Crippen molar-refractivity contribution >= 4 is 18.9 Å². The van der Waals surface area contributed by atoms with E-state index in [1.54, 1.807) is 51.1 Å². The molecule has 1 fully saturated rings. The first-order valence-corrected chi connectivity index (χ1v) is 11.8. The smallest absolute Gasteiger partial charge is 0.361 e. The second kappa shape index (κ2) is 9.74. The van der Waals surface area contributed by atoms with E-state index in [-0.39, 0.29) is 6.61 Å². The number of nitrogens with two attached hydrogens (primary N) is 1. The molecule has 3 rings (SSSR count). The van der Waals surface area contributed by atoms with Crippen molar-refractivity contribution < 1.29 is 27.9 Å². The Kier molecular flexibility index (Phi) is 7.40. The maximum absolute atomic E-state index is 13.5. The standard InChI is InChI=1S/C21H28N3O8P/c1-21(2,3)19(26)30-12-14-17(32-33(28,29-4)13-8-6-5-7-9-13)16(22)18(31-14)24-11-10-15(25)23-20(24)27/h5-11,14,16-18H,12,22H2,1-4H3,(H,23,25,27)/t14-,16?,17?,18-,33?/m1/s1. The molecule has 0 aliphatic carbocycles. The fourth-order valence-corrected chi connectivity index (χ4v) is 4.82. The van der Waals surface area contributed by atoms with E-state index in [1.807, 2.05) is 0 Å². The first-order valence-electron chi connectivity index (χ1n) is 10.3. The number of carbonyl (C=O) groups excluding carboxylic acids is 1. The summed E-state index contributed by atoms with van der Waals surface area (Å²) in [5, 5.41) is 0.301. The van der Waals surface area contributed by atoms with Crippen LogP contribution in [0, 0.1) is 5.41 Å². The number of aromatic amines is 1. The van der Waals surface area contributed by atoms with Crippen molar-refractivity contribution in [1.82, 2.24) is 9.55 Å². The van der Waals surface area contributed by atoms with Crippen molar-refractivity contribution in [2.45, 2.75) is 45.2 Å². The summed E-state index contributed by atoms with van der Waals surface area (Å²) in [4.78, 5) is 38.2. The lowest BCUT2D eigenvalue weighted by molar-refractivity contribution is -0.159. The molecular formula is C21H28N3O8P. The van der Waals surface area contributed by atoms with Gasteiger partial charge in [-0.15, -0.1) is 0 Å². The molecule has 1 aromatic heterocycles. The molecule has 12 heteroatoms. The molecule has 3 unspecified atom stereocenters. The average Bonchev–Trinajstić information content (AvgIpc) is 3.06. The number of H-pyrrole nitrogens is 1. The maximum atomic E-state index is 13.5. The highest BCUT2D eigenvalue weighted by Crippen LogP contribution is 2.50. The topological polar surface area (TPSA) is 152 Å². The van der Waals surface area contributed by atoms with Crippen LogP contribution in [0.1, 0.15) is 27.0 Å². The van der Waals surface area contributed by atoms with Gasteiger partial charge in [0.25, 0.3) is 5.56 Å². The third-order valence-electron chi connectivity index (χ3n) is 5.08. The molecule has 0 radical (unpaired) electrons. The van der Waals surface area contributed by atoms with Crippen LogP contribution >= 0.6 is 7.60 Å². The zero-order chi connectivity index (χ0) is 24.4. The van der Waals surface area contributed by atoms with Crippen molar-refractivity contribution in [2.24, 2.45) is 11.1 Å². The monoisotopic (exact) mass is 481 g/mol. The highest BCUT2D eigenvalue weighted by Gasteiger charge is 2.49. The molecule has 3 N–H and O–H groups in total. The Balaban J connectivity index is 1.93. The van der Waals surface area contributed by atoms with Gasteiger partial charge in [0, 0.05) is 19.4 Å². The summed E-state index contributed by atoms with van der Waals surface area (Å²) in [5.41, 5.74) is 4.27. The van der Waals surface area contributed by atoms with Gasteiger partial charge in [0.15, 0.2) is 6.23 Å². The maximum Gasteiger partial charge on any atom is 0.361 e. The van der Waals surface area contributed by atoms with Crippen LogP contribution in [0.15, 0.2) is 52.2 Å². The lowest BCUT2D eigenvalue weighted by Crippen LogP contribution is -2.44. The first kappa shape index (κ1) is 25.1. The lowest BCUT2D eigenvalue weighted by atomic mass is 9.97. The molecule has 0 saturated carbocycles. The molecular weight excluding hydrogens is 453 g/mol. The summed E-state index contributed by atoms with van der Waals surface area (Å²) < 4.78 is 37.0. The van der Waals surface area contributed by atoms with Crippen molar-refractivity contribution in [2.75, 3.05) is 13.7 Å². The van der Waals surface area contributed by atoms with E-state index < -0.39 is 54.7 Å². The van der Waals surface area contributed by atoms with E-state index in [0.29, 0.717) is 5.30 Å². The minimum absolute atomic E-state index is 0.262. The second-order valence-corrected chi connectivity index (χ2v) is 10.7. The van der Waals surface area contributed by atoms with E-state index >= 15 is 0 Å². The van der Waals surface area contributed by atoms with Gasteiger partial charge >= 0.3 is 19.3 Å². The van der Waals surface area contributed by atoms with Crippen LogP contribution in [0.25, 0.3) is 0 Å². The molecule has 180 valence electrons. The van der Waals surface area contributed by atoms with Gasteiger partial charge in [-0.05, 0) is 32.9 Å². The Morgan fingerprint density at radius 3 is 2.45 bits per heavy atom. The number of hydrogen-bond acceptors (Lipinski definition) is 9. The largest absolute Gasteiger partial charge is 0.462 e. The Morgan fingerprint density at radius 2 is 1.88 bits per heavy atom. The molecule has 1 aromatic carbocycles. The van der Waals surface area contributed by atoms with E-state index in [2.05, 4.69) is 4.98 Å². The van der Waals surface area contributed by atoms with Gasteiger partial charge < -0.3 is 19.7 Å². The Labute approximate surface area is 190 Å². The van der Waals surface area contributed by atoms with Crippen LogP contribution in [0.5, 0.6) is 0 Å². The van der Waals surface area contributed by atoms with E-state index in [1.165, 1.54) is 13.3 Å². The molecule has 11 nitrogen and oxygen atoms in total. The van der Waals surface area contributed by atoms with Gasteiger partial charge in [-0.3, -0.25) is 28.2 Å². The highest BCUT2D eigenvalue weighted by atomic mass is 31.2.